The summed E-state index contributed by atoms with van der Waals surface area (Å²) in [5.41, 5.74) is 8.90. The molecular weight excluding hydrogens is 939 g/mol. The number of rotatable bonds is 28. The van der Waals surface area contributed by atoms with E-state index in [2.05, 4.69) is 128 Å². The van der Waals surface area contributed by atoms with E-state index in [0.717, 1.165) is 98.6 Å². The van der Waals surface area contributed by atoms with Crippen molar-refractivity contribution in [3.63, 3.8) is 0 Å². The number of ether oxygens (including phenoxy) is 5. The van der Waals surface area contributed by atoms with E-state index in [1.807, 2.05) is 36.4 Å². The monoisotopic (exact) mass is 1020 g/mol. The number of nitrogens with zero attached hydrogens (tertiary/aromatic N) is 2. The van der Waals surface area contributed by atoms with Crippen molar-refractivity contribution in [2.45, 2.75) is 110 Å². The van der Waals surface area contributed by atoms with Gasteiger partial charge in [-0.2, -0.15) is 4.58 Å². The lowest BCUT2D eigenvalue weighted by Crippen LogP contribution is -2.28. The van der Waals surface area contributed by atoms with E-state index in [1.165, 1.54) is 33.3 Å². The molecule has 13 heteroatoms. The molecule has 2 aliphatic heterocycles. The number of benzene rings is 4. The number of hydrogen-bond acceptors (Lipinski definition) is 10. The molecule has 392 valence electrons. The lowest BCUT2D eigenvalue weighted by Gasteiger charge is -2.27. The van der Waals surface area contributed by atoms with E-state index < -0.39 is 16.2 Å². The van der Waals surface area contributed by atoms with Gasteiger partial charge in [0.25, 0.3) is 0 Å². The van der Waals surface area contributed by atoms with Gasteiger partial charge < -0.3 is 38.5 Å². The van der Waals surface area contributed by atoms with Crippen molar-refractivity contribution in [3.05, 3.63) is 149 Å². The van der Waals surface area contributed by atoms with Crippen LogP contribution in [0.4, 0.5) is 16.2 Å². The van der Waals surface area contributed by atoms with Crippen LogP contribution in [0.25, 0.3) is 10.8 Å². The molecule has 1 amide bonds. The zero-order chi connectivity index (χ0) is 51.7. The zero-order valence-electron chi connectivity index (χ0n) is 43.8. The fraction of sp³-hybridized carbons (Fsp3) is 0.467. The Morgan fingerprint density at radius 2 is 1.45 bits per heavy atom. The van der Waals surface area contributed by atoms with Gasteiger partial charge in [0.1, 0.15) is 18.1 Å². The summed E-state index contributed by atoms with van der Waals surface area (Å²) in [6.45, 7) is 16.6. The van der Waals surface area contributed by atoms with Gasteiger partial charge >= 0.3 is 6.09 Å². The standard InChI is InChI=1S/C60H77N3O9S/c1-6-38-68-41-43-70-44-42-69-40-35-61-58(64)71-39-18-8-7-16-36-63-53-32-29-46-21-12-13-26-50(46)56(53)60(4,5)55(63)34-31-48-23-20-22-47(57(48)72-49-24-10-9-11-25-49)30-33-54-59(2,3)51-27-14-15-28-52(51)62(54)37-17-19-45-73(65,66)67/h9-15,21,24-34H,6-8,16-20,22-23,35-45H2,1-5H3,(H-,61,64,65,66,67). The van der Waals surface area contributed by atoms with Crippen LogP contribution in [0.3, 0.4) is 0 Å². The number of allylic oxidation sites excluding steroid dienone is 7. The smallest absolute Gasteiger partial charge is 0.407 e. The maximum absolute atomic E-state index is 12.3. The Balaban J connectivity index is 1.07. The predicted molar refractivity (Wildman–Crippen MR) is 291 cm³/mol. The van der Waals surface area contributed by atoms with Gasteiger partial charge in [-0.05, 0) is 136 Å². The second-order valence-electron chi connectivity index (χ2n) is 20.1. The van der Waals surface area contributed by atoms with E-state index in [9.17, 15) is 17.8 Å². The third kappa shape index (κ3) is 14.8. The molecule has 12 nitrogen and oxygen atoms in total. The Morgan fingerprint density at radius 1 is 0.740 bits per heavy atom. The molecule has 0 aromatic heterocycles. The lowest BCUT2D eigenvalue weighted by atomic mass is 9.78. The third-order valence-electron chi connectivity index (χ3n) is 14.0. The first-order chi connectivity index (χ1) is 35.3. The van der Waals surface area contributed by atoms with E-state index >= 15 is 0 Å². The highest BCUT2D eigenvalue weighted by Gasteiger charge is 2.45. The molecule has 0 spiro atoms. The lowest BCUT2D eigenvalue weighted by molar-refractivity contribution is -0.438. The van der Waals surface area contributed by atoms with Crippen LogP contribution in [-0.2, 0) is 39.9 Å². The van der Waals surface area contributed by atoms with Crippen molar-refractivity contribution in [2.75, 3.05) is 76.5 Å². The van der Waals surface area contributed by atoms with Crippen LogP contribution < -0.4 is 15.0 Å². The number of carbonyl (C=O) groups is 1. The summed E-state index contributed by atoms with van der Waals surface area (Å²) in [5, 5.41) is 5.26. The predicted octanol–water partition coefficient (Wildman–Crippen LogP) is 12.0. The van der Waals surface area contributed by atoms with Crippen molar-refractivity contribution in [1.29, 1.82) is 0 Å². The van der Waals surface area contributed by atoms with E-state index in [1.54, 1.807) is 0 Å². The summed E-state index contributed by atoms with van der Waals surface area (Å²) in [6, 6.07) is 31.6. The highest BCUT2D eigenvalue weighted by atomic mass is 32.2. The molecule has 3 aliphatic rings. The quantitative estimate of drug-likeness (QED) is 0.0332. The Bertz CT molecular complexity index is 2760. The Hall–Kier alpha value is -5.57. The average molecular weight is 1020 g/mol. The molecule has 2 heterocycles. The molecule has 1 N–H and O–H groups in total. The average Bonchev–Trinajstić information content (AvgIpc) is 3.73. The highest BCUT2D eigenvalue weighted by molar-refractivity contribution is 7.85. The van der Waals surface area contributed by atoms with Crippen molar-refractivity contribution < 1.29 is 46.0 Å². The summed E-state index contributed by atoms with van der Waals surface area (Å²) < 4.78 is 65.7. The van der Waals surface area contributed by atoms with Crippen LogP contribution in [0.15, 0.2) is 138 Å². The second kappa shape index (κ2) is 26.6. The molecular formula is C60H77N3O9S. The summed E-state index contributed by atoms with van der Waals surface area (Å²) in [5.74, 6) is 1.28. The van der Waals surface area contributed by atoms with E-state index in [-0.39, 0.29) is 16.6 Å². The van der Waals surface area contributed by atoms with Gasteiger partial charge in [0.2, 0.25) is 5.69 Å². The SMILES string of the molecule is CCCOCCOCCOCCNC(=O)OCCCCCC[N+]1=C(C=CC2=C(Oc3ccccc3)C(=CC=C3N(CCCCS(=O)(=O)[O-])c4ccccc4C3(C)C)CCC2)C(C)(C)c2c1ccc1ccccc21. The third-order valence-corrected chi connectivity index (χ3v) is 14.8. The summed E-state index contributed by atoms with van der Waals surface area (Å²) in [6.07, 6.45) is 16.9. The molecule has 0 unspecified atom stereocenters. The van der Waals surface area contributed by atoms with Gasteiger partial charge in [-0.15, -0.1) is 0 Å². The van der Waals surface area contributed by atoms with Gasteiger partial charge in [-0.1, -0.05) is 87.5 Å². The van der Waals surface area contributed by atoms with Crippen molar-refractivity contribution in [3.8, 4) is 5.75 Å². The van der Waals surface area contributed by atoms with Crippen LogP contribution in [0.5, 0.6) is 5.75 Å². The Kier molecular flexibility index (Phi) is 20.1. The minimum Gasteiger partial charge on any atom is -0.748 e. The van der Waals surface area contributed by atoms with E-state index in [4.69, 9.17) is 23.7 Å². The topological polar surface area (TPSA) is 139 Å². The molecule has 0 radical (unpaired) electrons. The van der Waals surface area contributed by atoms with Crippen LogP contribution in [0, 0.1) is 0 Å². The summed E-state index contributed by atoms with van der Waals surface area (Å²) in [4.78, 5) is 14.6. The number of nitrogens with one attached hydrogen (secondary N) is 1. The fourth-order valence-corrected chi connectivity index (χ4v) is 10.9. The van der Waals surface area contributed by atoms with Gasteiger partial charge in [0.05, 0.1) is 55.2 Å². The molecule has 73 heavy (non-hydrogen) atoms. The Morgan fingerprint density at radius 3 is 2.23 bits per heavy atom. The number of para-hydroxylation sites is 2. The number of hydrogen-bond donors (Lipinski definition) is 1. The van der Waals surface area contributed by atoms with Crippen molar-refractivity contribution >= 4 is 44.1 Å². The van der Waals surface area contributed by atoms with Gasteiger partial charge in [0.15, 0.2) is 5.71 Å². The first kappa shape index (κ1) is 55.2. The number of anilines is 1. The second-order valence-corrected chi connectivity index (χ2v) is 21.6. The number of amides is 1. The molecule has 0 fully saturated rings. The number of carbonyl (C=O) groups excluding carboxylic acids is 1. The molecule has 7 rings (SSSR count). The fourth-order valence-electron chi connectivity index (χ4n) is 10.4. The first-order valence-corrected chi connectivity index (χ1v) is 28.0. The van der Waals surface area contributed by atoms with Crippen molar-refractivity contribution in [2.24, 2.45) is 0 Å². The van der Waals surface area contributed by atoms with Crippen molar-refractivity contribution in [1.82, 2.24) is 5.32 Å². The van der Waals surface area contributed by atoms with Crippen LogP contribution in [0.1, 0.15) is 110 Å². The van der Waals surface area contributed by atoms with Crippen LogP contribution in [0.2, 0.25) is 0 Å². The number of alkyl carbamates (subject to hydrolysis) is 1. The Labute approximate surface area is 434 Å². The molecule has 4 aromatic rings. The summed E-state index contributed by atoms with van der Waals surface area (Å²) >= 11 is 0. The van der Waals surface area contributed by atoms with E-state index in [0.29, 0.717) is 65.6 Å². The molecule has 4 aromatic carbocycles. The number of unbranched alkanes of at least 4 members (excludes halogenated alkanes) is 4. The molecule has 0 bridgehead atoms. The molecule has 0 saturated carbocycles. The van der Waals surface area contributed by atoms with Crippen LogP contribution >= 0.6 is 0 Å². The minimum absolute atomic E-state index is 0.292. The number of fused-ring (bicyclic) bond motifs is 4. The summed E-state index contributed by atoms with van der Waals surface area (Å²) in [7, 11) is -4.28. The normalized spacial score (nSPS) is 17.3. The highest BCUT2D eigenvalue weighted by Crippen LogP contribution is 2.48. The first-order valence-electron chi connectivity index (χ1n) is 26.5. The molecule has 0 saturated heterocycles. The largest absolute Gasteiger partial charge is 0.748 e. The van der Waals surface area contributed by atoms with Gasteiger partial charge in [0, 0.05) is 66.4 Å². The molecule has 1 aliphatic carbocycles. The maximum Gasteiger partial charge on any atom is 0.407 e. The van der Waals surface area contributed by atoms with Gasteiger partial charge in [-0.3, -0.25) is 0 Å². The maximum atomic E-state index is 12.3. The van der Waals surface area contributed by atoms with Crippen LogP contribution in [-0.4, -0.2) is 101 Å². The minimum atomic E-state index is -4.28. The molecule has 0 atom stereocenters. The zero-order valence-corrected chi connectivity index (χ0v) is 44.6. The van der Waals surface area contributed by atoms with Gasteiger partial charge in [-0.25, -0.2) is 13.2 Å².